The number of hydrazone groups is 1. The van der Waals surface area contributed by atoms with Gasteiger partial charge >= 0.3 is 5.97 Å². The lowest BCUT2D eigenvalue weighted by atomic mass is 10.1. The van der Waals surface area contributed by atoms with Crippen LogP contribution in [-0.4, -0.2) is 37.9 Å². The lowest BCUT2D eigenvalue weighted by molar-refractivity contribution is -0.128. The van der Waals surface area contributed by atoms with E-state index in [2.05, 4.69) is 33.4 Å². The number of unbranched alkanes of at least 4 members (excludes halogenated alkanes) is 1. The molecule has 4 rings (SSSR count). The minimum absolute atomic E-state index is 0.257. The van der Waals surface area contributed by atoms with Crippen molar-refractivity contribution < 1.29 is 28.5 Å². The van der Waals surface area contributed by atoms with Gasteiger partial charge in [0, 0.05) is 0 Å². The molecule has 0 spiro atoms. The van der Waals surface area contributed by atoms with Gasteiger partial charge < -0.3 is 18.9 Å². The van der Waals surface area contributed by atoms with Gasteiger partial charge in [0.25, 0.3) is 5.91 Å². The Balaban J connectivity index is 1.35. The molecule has 1 atom stereocenters. The maximum atomic E-state index is 12.8. The molecule has 0 aliphatic carbocycles. The van der Waals surface area contributed by atoms with E-state index < -0.39 is 12.1 Å². The fourth-order valence-corrected chi connectivity index (χ4v) is 4.64. The molecule has 0 saturated heterocycles. The molecule has 42 heavy (non-hydrogen) atoms. The predicted molar refractivity (Wildman–Crippen MR) is 167 cm³/mol. The van der Waals surface area contributed by atoms with Crippen LogP contribution in [0.15, 0.2) is 88.4 Å². The van der Waals surface area contributed by atoms with E-state index in [1.807, 2.05) is 43.3 Å². The van der Waals surface area contributed by atoms with Crippen LogP contribution in [0.25, 0.3) is 10.8 Å². The van der Waals surface area contributed by atoms with Gasteiger partial charge in [-0.25, -0.2) is 10.2 Å². The summed E-state index contributed by atoms with van der Waals surface area (Å²) in [5.41, 5.74) is 3.56. The Hall–Kier alpha value is -4.37. The van der Waals surface area contributed by atoms with E-state index in [1.54, 1.807) is 42.5 Å². The zero-order valence-electron chi connectivity index (χ0n) is 23.8. The minimum Gasteiger partial charge on any atom is -0.494 e. The van der Waals surface area contributed by atoms with Crippen molar-refractivity contribution in [1.82, 2.24) is 5.43 Å². The molecular formula is C33H33BrN2O6. The van der Waals surface area contributed by atoms with Gasteiger partial charge in [-0.05, 0) is 93.6 Å². The van der Waals surface area contributed by atoms with Crippen molar-refractivity contribution in [2.24, 2.45) is 5.10 Å². The number of esters is 1. The van der Waals surface area contributed by atoms with Gasteiger partial charge in [0.2, 0.25) is 0 Å². The van der Waals surface area contributed by atoms with Crippen LogP contribution in [-0.2, 0) is 4.79 Å². The standard InChI is InChI=1S/C33H33BrN2O6/c1-4-6-19-40-25-15-12-24(13-16-25)33(38)42-28-17-11-22(20-30(28)39-3)21-35-36-32(37)27(5-2)41-29-18-14-23-9-7-8-10-26(23)31(29)34/h7-18,20-21,27H,4-6,19H2,1-3H3,(H,36,37)/b35-21-/t27-/m1/s1. The summed E-state index contributed by atoms with van der Waals surface area (Å²) in [5, 5.41) is 6.14. The van der Waals surface area contributed by atoms with Gasteiger partial charge in [0.15, 0.2) is 17.6 Å². The minimum atomic E-state index is -0.743. The molecule has 1 amide bonds. The topological polar surface area (TPSA) is 95.5 Å². The Labute approximate surface area is 253 Å². The molecule has 0 aromatic heterocycles. The zero-order valence-corrected chi connectivity index (χ0v) is 25.3. The molecule has 0 unspecified atom stereocenters. The fourth-order valence-electron chi connectivity index (χ4n) is 4.05. The van der Waals surface area contributed by atoms with E-state index in [0.29, 0.717) is 41.4 Å². The monoisotopic (exact) mass is 632 g/mol. The van der Waals surface area contributed by atoms with Gasteiger partial charge in [-0.3, -0.25) is 4.79 Å². The number of hydrogen-bond acceptors (Lipinski definition) is 7. The van der Waals surface area contributed by atoms with Crippen molar-refractivity contribution in [1.29, 1.82) is 0 Å². The highest BCUT2D eigenvalue weighted by Crippen LogP contribution is 2.34. The average Bonchev–Trinajstić information content (AvgIpc) is 3.02. The van der Waals surface area contributed by atoms with E-state index in [0.717, 1.165) is 28.1 Å². The molecule has 1 N–H and O–H groups in total. The van der Waals surface area contributed by atoms with Gasteiger partial charge in [-0.2, -0.15) is 5.10 Å². The molecule has 218 valence electrons. The Morgan fingerprint density at radius 2 is 1.71 bits per heavy atom. The van der Waals surface area contributed by atoms with Crippen molar-refractivity contribution in [2.45, 2.75) is 39.2 Å². The number of hydrogen-bond donors (Lipinski definition) is 1. The van der Waals surface area contributed by atoms with Crippen molar-refractivity contribution in [3.8, 4) is 23.0 Å². The Morgan fingerprint density at radius 1 is 0.952 bits per heavy atom. The fraction of sp³-hybridized carbons (Fsp3) is 0.242. The predicted octanol–water partition coefficient (Wildman–Crippen LogP) is 7.32. The summed E-state index contributed by atoms with van der Waals surface area (Å²) in [5.74, 6) is 0.970. The van der Waals surface area contributed by atoms with Crippen LogP contribution < -0.4 is 24.4 Å². The van der Waals surface area contributed by atoms with Gasteiger partial charge in [0.1, 0.15) is 11.5 Å². The number of nitrogens with one attached hydrogen (secondary N) is 1. The van der Waals surface area contributed by atoms with Crippen LogP contribution in [0.2, 0.25) is 0 Å². The second-order valence-corrected chi connectivity index (χ2v) is 10.2. The largest absolute Gasteiger partial charge is 0.494 e. The highest BCUT2D eigenvalue weighted by atomic mass is 79.9. The normalized spacial score (nSPS) is 11.7. The lowest BCUT2D eigenvalue weighted by Gasteiger charge is -2.17. The van der Waals surface area contributed by atoms with Gasteiger partial charge in [0.05, 0.1) is 30.0 Å². The number of rotatable bonds is 13. The van der Waals surface area contributed by atoms with E-state index in [4.69, 9.17) is 18.9 Å². The molecule has 0 radical (unpaired) electrons. The average molecular weight is 634 g/mol. The first-order chi connectivity index (χ1) is 20.4. The summed E-state index contributed by atoms with van der Waals surface area (Å²) in [4.78, 5) is 25.5. The smallest absolute Gasteiger partial charge is 0.343 e. The van der Waals surface area contributed by atoms with E-state index in [-0.39, 0.29) is 11.7 Å². The quantitative estimate of drug-likeness (QED) is 0.0545. The van der Waals surface area contributed by atoms with E-state index in [1.165, 1.54) is 13.3 Å². The molecule has 0 heterocycles. The Bertz CT molecular complexity index is 1550. The SMILES string of the molecule is CCCCOc1ccc(C(=O)Oc2ccc(/C=N\NC(=O)[C@@H](CC)Oc3ccc4ccccc4c3Br)cc2OC)cc1. The molecule has 0 bridgehead atoms. The number of amides is 1. The molecule has 0 fully saturated rings. The first-order valence-corrected chi connectivity index (χ1v) is 14.5. The van der Waals surface area contributed by atoms with E-state index >= 15 is 0 Å². The third-order valence-corrected chi connectivity index (χ3v) is 7.21. The highest BCUT2D eigenvalue weighted by molar-refractivity contribution is 9.10. The third-order valence-electron chi connectivity index (χ3n) is 6.40. The number of ether oxygens (including phenoxy) is 4. The Morgan fingerprint density at radius 3 is 2.45 bits per heavy atom. The Kier molecular flexibility index (Phi) is 10.9. The van der Waals surface area contributed by atoms with Gasteiger partial charge in [-0.15, -0.1) is 0 Å². The molecule has 0 aliphatic rings. The second-order valence-electron chi connectivity index (χ2n) is 9.37. The molecule has 0 aliphatic heterocycles. The summed E-state index contributed by atoms with van der Waals surface area (Å²) < 4.78 is 23.4. The number of methoxy groups -OCH3 is 1. The summed E-state index contributed by atoms with van der Waals surface area (Å²) in [6.07, 6.45) is 3.19. The van der Waals surface area contributed by atoms with Crippen LogP contribution in [0.4, 0.5) is 0 Å². The van der Waals surface area contributed by atoms with Crippen molar-refractivity contribution in [2.75, 3.05) is 13.7 Å². The maximum absolute atomic E-state index is 12.8. The molecular weight excluding hydrogens is 600 g/mol. The molecule has 8 nitrogen and oxygen atoms in total. The molecule has 9 heteroatoms. The van der Waals surface area contributed by atoms with Crippen LogP contribution >= 0.6 is 15.9 Å². The number of halogens is 1. The van der Waals surface area contributed by atoms with Crippen LogP contribution in [0, 0.1) is 0 Å². The van der Waals surface area contributed by atoms with Crippen molar-refractivity contribution >= 4 is 44.8 Å². The molecule has 4 aromatic rings. The van der Waals surface area contributed by atoms with Crippen LogP contribution in [0.1, 0.15) is 49.0 Å². The van der Waals surface area contributed by atoms with Crippen LogP contribution in [0.3, 0.4) is 0 Å². The number of fused-ring (bicyclic) bond motifs is 1. The summed E-state index contributed by atoms with van der Waals surface area (Å²) in [6.45, 7) is 4.59. The molecule has 4 aromatic carbocycles. The van der Waals surface area contributed by atoms with Crippen molar-refractivity contribution in [3.05, 3.63) is 94.5 Å². The second kappa shape index (κ2) is 15.0. The summed E-state index contributed by atoms with van der Waals surface area (Å²) >= 11 is 3.60. The maximum Gasteiger partial charge on any atom is 0.343 e. The van der Waals surface area contributed by atoms with Crippen LogP contribution in [0.5, 0.6) is 23.0 Å². The molecule has 0 saturated carbocycles. The lowest BCUT2D eigenvalue weighted by Crippen LogP contribution is -2.35. The van der Waals surface area contributed by atoms with E-state index in [9.17, 15) is 9.59 Å². The van der Waals surface area contributed by atoms with Crippen molar-refractivity contribution in [3.63, 3.8) is 0 Å². The third kappa shape index (κ3) is 7.88. The first-order valence-electron chi connectivity index (χ1n) is 13.7. The number of benzene rings is 4. The number of carbonyl (C=O) groups excluding carboxylic acids is 2. The first kappa shape index (κ1) is 30.6. The van der Waals surface area contributed by atoms with Gasteiger partial charge in [-0.1, -0.05) is 50.6 Å². The number of nitrogens with zero attached hydrogens (tertiary/aromatic N) is 1. The summed E-state index contributed by atoms with van der Waals surface area (Å²) in [6, 6.07) is 23.5. The number of carbonyl (C=O) groups is 2. The summed E-state index contributed by atoms with van der Waals surface area (Å²) in [7, 11) is 1.48. The zero-order chi connectivity index (χ0) is 29.9. The highest BCUT2D eigenvalue weighted by Gasteiger charge is 2.20.